The molecule has 0 aliphatic carbocycles. The van der Waals surface area contributed by atoms with E-state index in [1.165, 1.54) is 10.6 Å². The van der Waals surface area contributed by atoms with Crippen molar-refractivity contribution in [1.82, 2.24) is 19.7 Å². The van der Waals surface area contributed by atoms with Crippen LogP contribution in [0.3, 0.4) is 0 Å². The number of aromatic hydroxyl groups is 1. The van der Waals surface area contributed by atoms with Crippen molar-refractivity contribution in [3.8, 4) is 22.8 Å². The van der Waals surface area contributed by atoms with E-state index in [0.29, 0.717) is 23.6 Å². The van der Waals surface area contributed by atoms with Crippen LogP contribution in [0.2, 0.25) is 0 Å². The lowest BCUT2D eigenvalue weighted by Gasteiger charge is -2.18. The Labute approximate surface area is 163 Å². The number of nitrogens with one attached hydrogen (secondary N) is 1. The molecule has 3 aromatic rings. The summed E-state index contributed by atoms with van der Waals surface area (Å²) in [5.74, 6) is 0.00936. The third-order valence-electron chi connectivity index (χ3n) is 4.71. The number of hydrogen-bond donors (Lipinski definition) is 2. The topological polar surface area (TPSA) is 91.2 Å². The number of carbonyl (C=O) groups is 1. The molecule has 0 unspecified atom stereocenters. The fourth-order valence-electron chi connectivity index (χ4n) is 3.08. The van der Waals surface area contributed by atoms with E-state index in [1.54, 1.807) is 24.1 Å². The van der Waals surface area contributed by atoms with Crippen molar-refractivity contribution in [2.45, 2.75) is 26.7 Å². The molecule has 2 aromatic carbocycles. The Balaban J connectivity index is 2.06. The standard InChI is InChI=1S/C21H24N4O3/c1-4-5-12-24(3)20(27)16-13-15(10-11-18(16)26)19-22-23-21(28)25(19)17-9-7-6-8-14(17)2/h6-11,13,26H,4-5,12H2,1-3H3,(H,23,28). The lowest BCUT2D eigenvalue weighted by molar-refractivity contribution is 0.0790. The Hall–Kier alpha value is -3.35. The van der Waals surface area contributed by atoms with E-state index in [2.05, 4.69) is 17.1 Å². The number of carbonyl (C=O) groups excluding carboxylic acids is 1. The summed E-state index contributed by atoms with van der Waals surface area (Å²) in [5, 5.41) is 16.8. The number of nitrogens with zero attached hydrogens (tertiary/aromatic N) is 3. The number of benzene rings is 2. The average Bonchev–Trinajstić information content (AvgIpc) is 3.07. The van der Waals surface area contributed by atoms with Crippen molar-refractivity contribution in [2.24, 2.45) is 0 Å². The van der Waals surface area contributed by atoms with E-state index in [9.17, 15) is 14.7 Å². The lowest BCUT2D eigenvalue weighted by atomic mass is 10.1. The van der Waals surface area contributed by atoms with Gasteiger partial charge in [0.2, 0.25) is 0 Å². The number of rotatable bonds is 6. The van der Waals surface area contributed by atoms with E-state index < -0.39 is 0 Å². The zero-order chi connectivity index (χ0) is 20.3. The largest absolute Gasteiger partial charge is 0.507 e. The van der Waals surface area contributed by atoms with E-state index in [4.69, 9.17) is 0 Å². The molecule has 3 rings (SSSR count). The first-order valence-corrected chi connectivity index (χ1v) is 9.26. The summed E-state index contributed by atoms with van der Waals surface area (Å²) < 4.78 is 1.47. The highest BCUT2D eigenvalue weighted by atomic mass is 16.3. The maximum absolute atomic E-state index is 12.7. The van der Waals surface area contributed by atoms with Gasteiger partial charge in [-0.2, -0.15) is 5.10 Å². The van der Waals surface area contributed by atoms with Crippen LogP contribution in [-0.4, -0.2) is 44.3 Å². The maximum atomic E-state index is 12.7. The van der Waals surface area contributed by atoms with Gasteiger partial charge in [-0.1, -0.05) is 31.5 Å². The molecule has 0 spiro atoms. The first-order valence-electron chi connectivity index (χ1n) is 9.26. The van der Waals surface area contributed by atoms with Gasteiger partial charge in [0.1, 0.15) is 5.75 Å². The van der Waals surface area contributed by atoms with E-state index in [1.807, 2.05) is 31.2 Å². The molecule has 0 aliphatic heterocycles. The zero-order valence-corrected chi connectivity index (χ0v) is 16.3. The van der Waals surface area contributed by atoms with Gasteiger partial charge >= 0.3 is 5.69 Å². The summed E-state index contributed by atoms with van der Waals surface area (Å²) >= 11 is 0. The molecule has 7 nitrogen and oxygen atoms in total. The second-order valence-corrected chi connectivity index (χ2v) is 6.79. The highest BCUT2D eigenvalue weighted by Crippen LogP contribution is 2.27. The Morgan fingerprint density at radius 1 is 1.25 bits per heavy atom. The lowest BCUT2D eigenvalue weighted by Crippen LogP contribution is -2.27. The van der Waals surface area contributed by atoms with E-state index in [0.717, 1.165) is 18.4 Å². The number of H-pyrrole nitrogens is 1. The van der Waals surface area contributed by atoms with Crippen LogP contribution in [0, 0.1) is 6.92 Å². The second-order valence-electron chi connectivity index (χ2n) is 6.79. The number of para-hydroxylation sites is 1. The van der Waals surface area contributed by atoms with Crippen molar-refractivity contribution in [3.05, 3.63) is 64.1 Å². The minimum Gasteiger partial charge on any atom is -0.507 e. The molecule has 0 fully saturated rings. The van der Waals surface area contributed by atoms with Gasteiger partial charge in [0.15, 0.2) is 5.82 Å². The van der Waals surface area contributed by atoms with Gasteiger partial charge in [-0.25, -0.2) is 14.5 Å². The first kappa shape index (κ1) is 19.4. The molecule has 0 aliphatic rings. The van der Waals surface area contributed by atoms with E-state index >= 15 is 0 Å². The Kier molecular flexibility index (Phi) is 5.63. The number of unbranched alkanes of at least 4 members (excludes halogenated alkanes) is 1. The van der Waals surface area contributed by atoms with Crippen LogP contribution in [0.5, 0.6) is 5.75 Å². The first-order chi connectivity index (χ1) is 13.4. The van der Waals surface area contributed by atoms with Crippen LogP contribution in [0.15, 0.2) is 47.3 Å². The Bertz CT molecular complexity index is 1050. The number of aromatic nitrogens is 3. The van der Waals surface area contributed by atoms with Crippen LogP contribution in [-0.2, 0) is 0 Å². The summed E-state index contributed by atoms with van der Waals surface area (Å²) in [7, 11) is 1.71. The highest BCUT2D eigenvalue weighted by molar-refractivity contribution is 5.97. The molecule has 1 aromatic heterocycles. The fourth-order valence-corrected chi connectivity index (χ4v) is 3.08. The molecule has 0 bridgehead atoms. The third kappa shape index (κ3) is 3.69. The molecular formula is C21H24N4O3. The molecule has 2 N–H and O–H groups in total. The molecular weight excluding hydrogens is 356 g/mol. The Morgan fingerprint density at radius 3 is 2.71 bits per heavy atom. The van der Waals surface area contributed by atoms with Crippen LogP contribution in [0.1, 0.15) is 35.7 Å². The van der Waals surface area contributed by atoms with Gasteiger partial charge in [-0.05, 0) is 43.2 Å². The quantitative estimate of drug-likeness (QED) is 0.687. The minimum atomic E-state index is -0.370. The predicted molar refractivity (Wildman–Crippen MR) is 108 cm³/mol. The zero-order valence-electron chi connectivity index (χ0n) is 16.3. The third-order valence-corrected chi connectivity index (χ3v) is 4.71. The molecule has 7 heteroatoms. The van der Waals surface area contributed by atoms with Crippen molar-refractivity contribution < 1.29 is 9.90 Å². The molecule has 0 radical (unpaired) electrons. The highest BCUT2D eigenvalue weighted by Gasteiger charge is 2.20. The number of aryl methyl sites for hydroxylation is 1. The second kappa shape index (κ2) is 8.12. The molecule has 146 valence electrons. The number of amides is 1. The SMILES string of the molecule is CCCCN(C)C(=O)c1cc(-c2n[nH]c(=O)n2-c2ccccc2C)ccc1O. The number of hydrogen-bond acceptors (Lipinski definition) is 4. The van der Waals surface area contributed by atoms with Crippen molar-refractivity contribution in [1.29, 1.82) is 0 Å². The summed E-state index contributed by atoms with van der Waals surface area (Å²) in [4.78, 5) is 26.7. The summed E-state index contributed by atoms with van der Waals surface area (Å²) in [6, 6.07) is 12.2. The van der Waals surface area contributed by atoms with Gasteiger partial charge in [-0.3, -0.25) is 4.79 Å². The molecule has 0 saturated heterocycles. The van der Waals surface area contributed by atoms with Crippen molar-refractivity contribution in [2.75, 3.05) is 13.6 Å². The predicted octanol–water partition coefficient (Wildman–Crippen LogP) is 3.11. The summed E-state index contributed by atoms with van der Waals surface area (Å²) in [6.07, 6.45) is 1.86. The monoisotopic (exact) mass is 380 g/mol. The molecule has 0 saturated carbocycles. The van der Waals surface area contributed by atoms with Gasteiger partial charge in [-0.15, -0.1) is 0 Å². The van der Waals surface area contributed by atoms with Crippen molar-refractivity contribution >= 4 is 5.91 Å². The van der Waals surface area contributed by atoms with Gasteiger partial charge in [0.25, 0.3) is 5.91 Å². The van der Waals surface area contributed by atoms with E-state index in [-0.39, 0.29) is 22.9 Å². The number of phenolic OH excluding ortho intramolecular Hbond substituents is 1. The Morgan fingerprint density at radius 2 is 2.00 bits per heavy atom. The van der Waals surface area contributed by atoms with Crippen LogP contribution < -0.4 is 5.69 Å². The van der Waals surface area contributed by atoms with Gasteiger partial charge in [0, 0.05) is 19.2 Å². The summed E-state index contributed by atoms with van der Waals surface area (Å²) in [5.41, 5.74) is 2.00. The average molecular weight is 380 g/mol. The number of phenols is 1. The van der Waals surface area contributed by atoms with Crippen LogP contribution >= 0.6 is 0 Å². The molecule has 1 amide bonds. The maximum Gasteiger partial charge on any atom is 0.348 e. The number of aromatic amines is 1. The normalized spacial score (nSPS) is 10.8. The minimum absolute atomic E-state index is 0.0996. The van der Waals surface area contributed by atoms with Gasteiger partial charge in [0.05, 0.1) is 11.3 Å². The van der Waals surface area contributed by atoms with Gasteiger partial charge < -0.3 is 10.0 Å². The van der Waals surface area contributed by atoms with Crippen LogP contribution in [0.4, 0.5) is 0 Å². The fraction of sp³-hybridized carbons (Fsp3) is 0.286. The van der Waals surface area contributed by atoms with Crippen molar-refractivity contribution in [3.63, 3.8) is 0 Å². The summed E-state index contributed by atoms with van der Waals surface area (Å²) in [6.45, 7) is 4.57. The molecule has 0 atom stereocenters. The molecule has 28 heavy (non-hydrogen) atoms. The molecule has 1 heterocycles. The van der Waals surface area contributed by atoms with Crippen LogP contribution in [0.25, 0.3) is 17.1 Å². The smallest absolute Gasteiger partial charge is 0.348 e.